The highest BCUT2D eigenvalue weighted by Crippen LogP contribution is 1.99. The highest BCUT2D eigenvalue weighted by atomic mass is 16.5. The summed E-state index contributed by atoms with van der Waals surface area (Å²) >= 11 is 0. The van der Waals surface area contributed by atoms with Gasteiger partial charge in [-0.15, -0.1) is 0 Å². The zero-order chi connectivity index (χ0) is 5.11. The van der Waals surface area contributed by atoms with Crippen LogP contribution in [0.15, 0.2) is 24.0 Å². The van der Waals surface area contributed by atoms with Crippen LogP contribution in [0.4, 0.5) is 0 Å². The van der Waals surface area contributed by atoms with Crippen LogP contribution in [0.25, 0.3) is 0 Å². The molecule has 0 aromatic heterocycles. The van der Waals surface area contributed by atoms with Gasteiger partial charge in [0.25, 0.3) is 0 Å². The van der Waals surface area contributed by atoms with E-state index >= 15 is 0 Å². The number of hydrogen-bond acceptors (Lipinski definition) is 1. The fourth-order valence-electron chi connectivity index (χ4n) is 0.395. The highest BCUT2D eigenvalue weighted by molar-refractivity contribution is 5.22. The van der Waals surface area contributed by atoms with E-state index in [-0.39, 0.29) is 0 Å². The molecule has 1 heterocycles. The molecule has 0 fully saturated rings. The Morgan fingerprint density at radius 2 is 2.57 bits per heavy atom. The summed E-state index contributed by atoms with van der Waals surface area (Å²) in [6, 6.07) is 0. The third-order valence-corrected chi connectivity index (χ3v) is 0.772. The van der Waals surface area contributed by atoms with Gasteiger partial charge in [0.2, 0.25) is 0 Å². The topological polar surface area (TPSA) is 9.23 Å². The molecule has 0 aliphatic carbocycles. The lowest BCUT2D eigenvalue weighted by atomic mass is 10.3. The average Bonchev–Trinajstić information content (AvgIpc) is 1.69. The van der Waals surface area contributed by atoms with Crippen molar-refractivity contribution in [3.05, 3.63) is 30.9 Å². The molecule has 1 aliphatic heterocycles. The van der Waals surface area contributed by atoms with Crippen molar-refractivity contribution < 1.29 is 4.74 Å². The molecule has 0 N–H and O–H groups in total. The Bertz CT molecular complexity index is 111. The molecule has 1 nitrogen and oxygen atoms in total. The van der Waals surface area contributed by atoms with Crippen LogP contribution >= 0.6 is 0 Å². The maximum atomic E-state index is 5.33. The zero-order valence-corrected chi connectivity index (χ0v) is 3.92. The van der Waals surface area contributed by atoms with Gasteiger partial charge in [-0.3, -0.25) is 0 Å². The van der Waals surface area contributed by atoms with Gasteiger partial charge in [0.15, 0.2) is 0 Å². The molecule has 1 rings (SSSR count). The minimum atomic E-state index is 0.613. The first-order valence-electron chi connectivity index (χ1n) is 2.13. The van der Waals surface area contributed by atoms with Gasteiger partial charge in [0.1, 0.15) is 6.61 Å². The molecule has 0 saturated carbocycles. The average molecular weight is 94.1 g/mol. The van der Waals surface area contributed by atoms with Crippen molar-refractivity contribution in [2.45, 2.75) is 0 Å². The van der Waals surface area contributed by atoms with Crippen LogP contribution < -0.4 is 0 Å². The van der Waals surface area contributed by atoms with Crippen LogP contribution in [-0.2, 0) is 4.74 Å². The molecule has 0 aromatic carbocycles. The van der Waals surface area contributed by atoms with E-state index in [1.165, 1.54) is 0 Å². The predicted octanol–water partition coefficient (Wildman–Crippen LogP) is 1.17. The molecule has 0 spiro atoms. The standard InChI is InChI=1S/C6H6O/c1-6-2-4-7-5-3-6/h1-4H,5H2. The summed E-state index contributed by atoms with van der Waals surface area (Å²) in [5.74, 6) is 0. The molecular weight excluding hydrogens is 88.1 g/mol. The van der Waals surface area contributed by atoms with Crippen molar-refractivity contribution in [1.29, 1.82) is 0 Å². The summed E-state index contributed by atoms with van der Waals surface area (Å²) in [6.45, 7) is 5.94. The summed E-state index contributed by atoms with van der Waals surface area (Å²) in [5.41, 5.74) is 0.784. The lowest BCUT2D eigenvalue weighted by Gasteiger charge is -2.00. The Morgan fingerprint density at radius 1 is 1.71 bits per heavy atom. The van der Waals surface area contributed by atoms with E-state index in [9.17, 15) is 0 Å². The summed E-state index contributed by atoms with van der Waals surface area (Å²) < 4.78 is 4.80. The fourth-order valence-corrected chi connectivity index (χ4v) is 0.395. The number of allylic oxidation sites excluding steroid dienone is 2. The number of hydrogen-bond donors (Lipinski definition) is 0. The molecule has 1 aliphatic rings. The van der Waals surface area contributed by atoms with Crippen LogP contribution in [-0.4, -0.2) is 6.61 Å². The fraction of sp³-hybridized carbons (Fsp3) is 0.167. The van der Waals surface area contributed by atoms with E-state index in [1.54, 1.807) is 12.3 Å². The van der Waals surface area contributed by atoms with Gasteiger partial charge in [0.05, 0.1) is 6.26 Å². The zero-order valence-electron chi connectivity index (χ0n) is 3.92. The second kappa shape index (κ2) is 1.82. The van der Waals surface area contributed by atoms with E-state index in [4.69, 9.17) is 11.7 Å². The SMILES string of the molecule is [CH]C1=CCOC=C1. The first-order chi connectivity index (χ1) is 3.39. The van der Waals surface area contributed by atoms with Crippen LogP contribution in [0.2, 0.25) is 0 Å². The molecule has 0 atom stereocenters. The summed E-state index contributed by atoms with van der Waals surface area (Å²) in [4.78, 5) is 0. The lowest BCUT2D eigenvalue weighted by molar-refractivity contribution is 0.285. The van der Waals surface area contributed by atoms with Crippen LogP contribution in [0.3, 0.4) is 0 Å². The van der Waals surface area contributed by atoms with E-state index in [0.717, 1.165) is 5.57 Å². The normalized spacial score (nSPS) is 18.1. The predicted molar refractivity (Wildman–Crippen MR) is 27.5 cm³/mol. The molecule has 0 amide bonds. The molecule has 2 radical (unpaired) electrons. The van der Waals surface area contributed by atoms with E-state index < -0.39 is 0 Å². The Kier molecular flexibility index (Phi) is 1.16. The Hall–Kier alpha value is -0.720. The van der Waals surface area contributed by atoms with E-state index in [0.29, 0.717) is 6.61 Å². The van der Waals surface area contributed by atoms with E-state index in [2.05, 4.69) is 0 Å². The van der Waals surface area contributed by atoms with Crippen molar-refractivity contribution in [3.8, 4) is 0 Å². The first-order valence-corrected chi connectivity index (χ1v) is 2.13. The maximum absolute atomic E-state index is 5.33. The van der Waals surface area contributed by atoms with Gasteiger partial charge in [0, 0.05) is 0 Å². The minimum Gasteiger partial charge on any atom is -0.497 e. The molecule has 1 heteroatoms. The molecule has 36 valence electrons. The second-order valence-electron chi connectivity index (χ2n) is 1.34. The maximum Gasteiger partial charge on any atom is 0.106 e. The third-order valence-electron chi connectivity index (χ3n) is 0.772. The van der Waals surface area contributed by atoms with Gasteiger partial charge in [-0.1, -0.05) is 0 Å². The quantitative estimate of drug-likeness (QED) is 0.437. The number of rotatable bonds is 0. The Morgan fingerprint density at radius 3 is 2.86 bits per heavy atom. The van der Waals surface area contributed by atoms with Crippen LogP contribution in [0.1, 0.15) is 0 Å². The van der Waals surface area contributed by atoms with Crippen molar-refractivity contribution in [1.82, 2.24) is 0 Å². The highest BCUT2D eigenvalue weighted by Gasteiger charge is 1.86. The van der Waals surface area contributed by atoms with Crippen molar-refractivity contribution in [2.24, 2.45) is 0 Å². The lowest BCUT2D eigenvalue weighted by Crippen LogP contribution is -1.87. The number of ether oxygens (including phenoxy) is 1. The summed E-state index contributed by atoms with van der Waals surface area (Å²) in [5, 5.41) is 0. The van der Waals surface area contributed by atoms with Gasteiger partial charge in [-0.05, 0) is 24.6 Å². The Labute approximate surface area is 43.3 Å². The summed E-state index contributed by atoms with van der Waals surface area (Å²) in [7, 11) is 0. The first kappa shape index (κ1) is 4.44. The van der Waals surface area contributed by atoms with Gasteiger partial charge in [-0.25, -0.2) is 0 Å². The molecule has 0 saturated heterocycles. The monoisotopic (exact) mass is 94.0 g/mol. The van der Waals surface area contributed by atoms with Crippen LogP contribution in [0.5, 0.6) is 0 Å². The smallest absolute Gasteiger partial charge is 0.106 e. The van der Waals surface area contributed by atoms with Crippen molar-refractivity contribution in [3.63, 3.8) is 0 Å². The Balaban J connectivity index is 2.58. The van der Waals surface area contributed by atoms with Gasteiger partial charge >= 0.3 is 0 Å². The molecule has 7 heavy (non-hydrogen) atoms. The van der Waals surface area contributed by atoms with Crippen molar-refractivity contribution >= 4 is 0 Å². The summed E-state index contributed by atoms with van der Waals surface area (Å²) in [6.07, 6.45) is 5.14. The largest absolute Gasteiger partial charge is 0.497 e. The van der Waals surface area contributed by atoms with Gasteiger partial charge < -0.3 is 4.74 Å². The minimum absolute atomic E-state index is 0.613. The van der Waals surface area contributed by atoms with E-state index in [1.807, 2.05) is 6.08 Å². The third kappa shape index (κ3) is 1.07. The molecular formula is C6H6O. The second-order valence-corrected chi connectivity index (χ2v) is 1.34. The molecule has 0 unspecified atom stereocenters. The molecule has 0 aromatic rings. The molecule has 0 bridgehead atoms. The van der Waals surface area contributed by atoms with Crippen molar-refractivity contribution in [2.75, 3.05) is 6.61 Å². The van der Waals surface area contributed by atoms with Crippen LogP contribution in [0, 0.1) is 6.92 Å². The van der Waals surface area contributed by atoms with Gasteiger partial charge in [-0.2, -0.15) is 0 Å².